The van der Waals surface area contributed by atoms with E-state index in [0.29, 0.717) is 0 Å². The highest BCUT2D eigenvalue weighted by Gasteiger charge is 2.33. The van der Waals surface area contributed by atoms with E-state index in [-0.39, 0.29) is 5.70 Å². The van der Waals surface area contributed by atoms with Crippen molar-refractivity contribution in [1.29, 1.82) is 0 Å². The summed E-state index contributed by atoms with van der Waals surface area (Å²) in [5, 5.41) is 20.3. The second-order valence-corrected chi connectivity index (χ2v) is 10.8. The average Bonchev–Trinajstić information content (AvgIpc) is 3.23. The summed E-state index contributed by atoms with van der Waals surface area (Å²) in [6, 6.07) is 7.64. The van der Waals surface area contributed by atoms with E-state index in [1.54, 1.807) is 11.0 Å². The van der Waals surface area contributed by atoms with Crippen LogP contribution in [-0.4, -0.2) is 39.8 Å². The van der Waals surface area contributed by atoms with Crippen LogP contribution in [0.2, 0.25) is 0 Å². The molecule has 0 spiro atoms. The number of carbonyl (C=O) groups excluding carboxylic acids is 1. The molecule has 0 fully saturated rings. The van der Waals surface area contributed by atoms with E-state index < -0.39 is 33.3 Å². The van der Waals surface area contributed by atoms with Crippen molar-refractivity contribution in [3.05, 3.63) is 35.4 Å². The Balaban J connectivity index is 1.97. The van der Waals surface area contributed by atoms with Gasteiger partial charge in [0.25, 0.3) is 5.91 Å². The SMILES string of the molecule is NSS1(c2nc3ccccc3s2)C=NC(C(=NOCC(N)=O)C(=O)O)=C1. The van der Waals surface area contributed by atoms with E-state index in [1.165, 1.54) is 11.3 Å². The van der Waals surface area contributed by atoms with Crippen molar-refractivity contribution in [2.45, 2.75) is 4.34 Å². The molecule has 12 heteroatoms. The maximum atomic E-state index is 11.5. The summed E-state index contributed by atoms with van der Waals surface area (Å²) >= 11 is 1.47. The fourth-order valence-corrected chi connectivity index (χ4v) is 6.96. The van der Waals surface area contributed by atoms with Gasteiger partial charge in [-0.15, -0.1) is 11.3 Å². The maximum Gasteiger partial charge on any atom is 0.360 e. The number of rotatable bonds is 7. The Morgan fingerprint density at radius 3 is 2.81 bits per heavy atom. The van der Waals surface area contributed by atoms with Crippen molar-refractivity contribution in [2.75, 3.05) is 6.61 Å². The fourth-order valence-electron chi connectivity index (χ4n) is 2.01. The first kappa shape index (κ1) is 18.4. The first-order valence-corrected chi connectivity index (χ1v) is 11.0. The number of oxime groups is 1. The van der Waals surface area contributed by atoms with Crippen molar-refractivity contribution in [3.8, 4) is 0 Å². The van der Waals surface area contributed by atoms with Gasteiger partial charge in [0.15, 0.2) is 10.9 Å². The molecule has 0 aliphatic carbocycles. The molecule has 1 aromatic carbocycles. The van der Waals surface area contributed by atoms with Crippen LogP contribution in [0.15, 0.2) is 49.9 Å². The number of aliphatic imine (C=N–C) groups is 1. The number of aliphatic carboxylic acids is 1. The van der Waals surface area contributed by atoms with Crippen LogP contribution in [0.3, 0.4) is 0 Å². The molecule has 3 rings (SSSR count). The predicted molar refractivity (Wildman–Crippen MR) is 104 cm³/mol. The predicted octanol–water partition coefficient (Wildman–Crippen LogP) is 1.81. The summed E-state index contributed by atoms with van der Waals surface area (Å²) in [5.74, 6) is -2.12. The van der Waals surface area contributed by atoms with Gasteiger partial charge in [0.1, 0.15) is 5.70 Å². The highest BCUT2D eigenvalue weighted by Crippen LogP contribution is 2.67. The number of hydrogen-bond donors (Lipinski definition) is 3. The lowest BCUT2D eigenvalue weighted by Gasteiger charge is -2.22. The van der Waals surface area contributed by atoms with Crippen LogP contribution in [0.4, 0.5) is 0 Å². The smallest absolute Gasteiger partial charge is 0.360 e. The minimum Gasteiger partial charge on any atom is -0.476 e. The summed E-state index contributed by atoms with van der Waals surface area (Å²) in [6.45, 7) is -0.532. The minimum atomic E-state index is -1.95. The molecule has 5 N–H and O–H groups in total. The van der Waals surface area contributed by atoms with Gasteiger partial charge in [-0.2, -0.15) is 0 Å². The number of primary amides is 1. The molecule has 1 aliphatic heterocycles. The lowest BCUT2D eigenvalue weighted by atomic mass is 10.3. The molecule has 0 saturated carbocycles. The van der Waals surface area contributed by atoms with Gasteiger partial charge in [-0.3, -0.25) is 9.93 Å². The number of thiazole rings is 1. The average molecular weight is 411 g/mol. The van der Waals surface area contributed by atoms with Crippen molar-refractivity contribution >= 4 is 64.7 Å². The van der Waals surface area contributed by atoms with E-state index in [4.69, 9.17) is 10.9 Å². The molecule has 1 aliphatic rings. The second kappa shape index (κ2) is 7.45. The lowest BCUT2D eigenvalue weighted by Crippen LogP contribution is -2.19. The number of benzene rings is 1. The summed E-state index contributed by atoms with van der Waals surface area (Å²) in [4.78, 5) is 35.6. The summed E-state index contributed by atoms with van der Waals surface area (Å²) in [6.07, 6.45) is 0. The lowest BCUT2D eigenvalue weighted by molar-refractivity contribution is -0.130. The van der Waals surface area contributed by atoms with Gasteiger partial charge >= 0.3 is 5.97 Å². The molecule has 1 atom stereocenters. The molecule has 0 saturated heterocycles. The number of carboxylic acids is 1. The van der Waals surface area contributed by atoms with Crippen molar-refractivity contribution < 1.29 is 19.5 Å². The molecule has 2 aromatic rings. The molecule has 1 amide bonds. The summed E-state index contributed by atoms with van der Waals surface area (Å²) in [7, 11) is -0.899. The molecule has 0 radical (unpaired) electrons. The van der Waals surface area contributed by atoms with Gasteiger partial charge in [0.05, 0.1) is 15.8 Å². The van der Waals surface area contributed by atoms with Gasteiger partial charge in [0, 0.05) is 5.41 Å². The van der Waals surface area contributed by atoms with E-state index in [2.05, 4.69) is 20.0 Å². The quantitative estimate of drug-likeness (QED) is 0.272. The van der Waals surface area contributed by atoms with Gasteiger partial charge in [-0.05, 0) is 23.1 Å². The van der Waals surface area contributed by atoms with Crippen LogP contribution >= 0.6 is 31.4 Å². The van der Waals surface area contributed by atoms with Gasteiger partial charge in [-0.25, -0.2) is 14.8 Å². The van der Waals surface area contributed by atoms with Crippen LogP contribution < -0.4 is 10.9 Å². The standard InChI is InChI=1S/C14H13N5O4S3/c15-11(20)5-23-19-12(13(21)22)9-6-26(25-16,7-17-9)14-18-8-3-1-2-4-10(8)24-14/h1-4,6-7H,5,16H2,(H2,15,20)(H,21,22). The van der Waals surface area contributed by atoms with Crippen molar-refractivity contribution in [2.24, 2.45) is 21.0 Å². The topological polar surface area (TPSA) is 153 Å². The number of aromatic nitrogens is 1. The Bertz CT molecular complexity index is 937. The highest BCUT2D eigenvalue weighted by atomic mass is 33.2. The normalized spacial score (nSPS) is 22.0. The van der Waals surface area contributed by atoms with Crippen LogP contribution in [0.1, 0.15) is 0 Å². The van der Waals surface area contributed by atoms with Gasteiger partial charge < -0.3 is 15.7 Å². The zero-order valence-electron chi connectivity index (χ0n) is 13.1. The first-order chi connectivity index (χ1) is 12.4. The van der Waals surface area contributed by atoms with Crippen LogP contribution in [0.25, 0.3) is 10.2 Å². The Morgan fingerprint density at radius 1 is 1.38 bits per heavy atom. The Kier molecular flexibility index (Phi) is 5.27. The molecule has 1 unspecified atom stereocenters. The van der Waals surface area contributed by atoms with E-state index >= 15 is 0 Å². The third-order valence-corrected chi connectivity index (χ3v) is 9.30. The molecule has 26 heavy (non-hydrogen) atoms. The number of carboxylic acid groups (broad SMARTS) is 1. The van der Waals surface area contributed by atoms with E-state index in [9.17, 15) is 14.7 Å². The molecular formula is C14H13N5O4S3. The minimum absolute atomic E-state index is 0.0918. The number of nitrogens with two attached hydrogens (primary N) is 2. The summed E-state index contributed by atoms with van der Waals surface area (Å²) in [5.41, 5.74) is 7.02. The third kappa shape index (κ3) is 3.58. The van der Waals surface area contributed by atoms with Crippen molar-refractivity contribution in [3.63, 3.8) is 0 Å². The molecule has 136 valence electrons. The maximum absolute atomic E-state index is 11.5. The Morgan fingerprint density at radius 2 is 2.15 bits per heavy atom. The molecule has 1 aromatic heterocycles. The van der Waals surface area contributed by atoms with Crippen LogP contribution in [-0.2, 0) is 14.4 Å². The molecule has 2 heterocycles. The number of hydrogen-bond acceptors (Lipinski definition) is 9. The van der Waals surface area contributed by atoms with Crippen LogP contribution in [0.5, 0.6) is 0 Å². The fraction of sp³-hybridized carbons (Fsp3) is 0.0714. The monoisotopic (exact) mass is 411 g/mol. The third-order valence-electron chi connectivity index (χ3n) is 3.15. The van der Waals surface area contributed by atoms with Gasteiger partial charge in [-0.1, -0.05) is 26.3 Å². The van der Waals surface area contributed by atoms with E-state index in [0.717, 1.165) is 25.5 Å². The number of para-hydroxylation sites is 1. The zero-order valence-corrected chi connectivity index (χ0v) is 15.5. The van der Waals surface area contributed by atoms with Crippen LogP contribution in [0, 0.1) is 0 Å². The summed E-state index contributed by atoms with van der Waals surface area (Å²) < 4.78 is 1.74. The number of amides is 1. The zero-order chi connectivity index (χ0) is 18.7. The number of carbonyl (C=O) groups is 2. The number of nitrogens with zero attached hydrogens (tertiary/aromatic N) is 3. The highest BCUT2D eigenvalue weighted by molar-refractivity contribution is 9.00. The second-order valence-electron chi connectivity index (χ2n) is 4.91. The molecule has 9 nitrogen and oxygen atoms in total. The van der Waals surface area contributed by atoms with Gasteiger partial charge in [0.2, 0.25) is 5.71 Å². The Hall–Kier alpha value is -2.41. The largest absolute Gasteiger partial charge is 0.476 e. The van der Waals surface area contributed by atoms with Crippen molar-refractivity contribution in [1.82, 2.24) is 4.98 Å². The molecular weight excluding hydrogens is 398 g/mol. The molecule has 0 bridgehead atoms. The first-order valence-electron chi connectivity index (χ1n) is 7.00. The number of fused-ring (bicyclic) bond motifs is 1. The Labute approximate surface area is 156 Å². The van der Waals surface area contributed by atoms with E-state index in [1.807, 2.05) is 24.3 Å².